The minimum atomic E-state index is -3.72. The van der Waals surface area contributed by atoms with E-state index in [-0.39, 0.29) is 29.3 Å². The van der Waals surface area contributed by atoms with Crippen molar-refractivity contribution >= 4 is 34.0 Å². The van der Waals surface area contributed by atoms with Gasteiger partial charge < -0.3 is 10.6 Å². The molecule has 6 nitrogen and oxygen atoms in total. The number of fused-ring (bicyclic) bond motifs is 1. The Bertz CT molecular complexity index is 959. The van der Waals surface area contributed by atoms with E-state index in [0.29, 0.717) is 12.1 Å². The summed E-state index contributed by atoms with van der Waals surface area (Å²) in [5, 5.41) is 6.16. The molecule has 1 fully saturated rings. The number of benzene rings is 2. The van der Waals surface area contributed by atoms with Crippen LogP contribution in [0.5, 0.6) is 0 Å². The standard InChI is InChI=1S/C20H23N3O3S.ClH/c24-20(22-17-10-11-21-14-17)16-6-3-8-18(13-16)27(25,26)23-12-4-7-15-5-1-2-9-19(15)23;/h1-3,5-6,8-9,13,17,21H,4,7,10-12,14H2,(H,22,24);1H. The summed E-state index contributed by atoms with van der Waals surface area (Å²) >= 11 is 0. The van der Waals surface area contributed by atoms with Crippen LogP contribution in [0.25, 0.3) is 0 Å². The van der Waals surface area contributed by atoms with Crippen LogP contribution >= 0.6 is 12.4 Å². The zero-order valence-corrected chi connectivity index (χ0v) is 17.1. The van der Waals surface area contributed by atoms with Gasteiger partial charge in [-0.05, 0) is 55.6 Å². The fourth-order valence-corrected chi connectivity index (χ4v) is 5.31. The molecule has 1 atom stereocenters. The van der Waals surface area contributed by atoms with Crippen LogP contribution in [0, 0.1) is 0 Å². The van der Waals surface area contributed by atoms with E-state index in [1.165, 1.54) is 10.4 Å². The van der Waals surface area contributed by atoms with Crippen LogP contribution in [-0.4, -0.2) is 40.0 Å². The highest BCUT2D eigenvalue weighted by molar-refractivity contribution is 7.92. The summed E-state index contributed by atoms with van der Waals surface area (Å²) in [6, 6.07) is 14.0. The molecule has 8 heteroatoms. The van der Waals surface area contributed by atoms with Crippen LogP contribution in [0.4, 0.5) is 5.69 Å². The molecule has 0 bridgehead atoms. The van der Waals surface area contributed by atoms with Gasteiger partial charge in [-0.2, -0.15) is 0 Å². The van der Waals surface area contributed by atoms with Crippen molar-refractivity contribution in [2.45, 2.75) is 30.2 Å². The number of hydrogen-bond acceptors (Lipinski definition) is 4. The first-order valence-electron chi connectivity index (χ1n) is 9.28. The Morgan fingerprint density at radius 2 is 1.96 bits per heavy atom. The molecule has 1 amide bonds. The molecule has 0 aliphatic carbocycles. The third-order valence-corrected chi connectivity index (χ3v) is 6.96. The molecule has 2 aromatic rings. The number of halogens is 1. The number of aryl methyl sites for hydroxylation is 1. The van der Waals surface area contributed by atoms with Gasteiger partial charge in [-0.1, -0.05) is 24.3 Å². The molecular formula is C20H24ClN3O3S. The monoisotopic (exact) mass is 421 g/mol. The number of rotatable bonds is 4. The second-order valence-electron chi connectivity index (χ2n) is 7.00. The van der Waals surface area contributed by atoms with Crippen molar-refractivity contribution in [3.8, 4) is 0 Å². The Kier molecular flexibility index (Phi) is 6.27. The fourth-order valence-electron chi connectivity index (χ4n) is 3.72. The molecule has 28 heavy (non-hydrogen) atoms. The quantitative estimate of drug-likeness (QED) is 0.794. The summed E-state index contributed by atoms with van der Waals surface area (Å²) < 4.78 is 28.0. The first kappa shape index (κ1) is 20.6. The average molecular weight is 422 g/mol. The number of para-hydroxylation sites is 1. The lowest BCUT2D eigenvalue weighted by molar-refractivity contribution is 0.0940. The normalized spacial score (nSPS) is 18.9. The molecule has 1 saturated heterocycles. The maximum absolute atomic E-state index is 13.3. The Labute approximate surface area is 171 Å². The number of carbonyl (C=O) groups excluding carboxylic acids is 1. The number of anilines is 1. The van der Waals surface area contributed by atoms with Crippen molar-refractivity contribution < 1.29 is 13.2 Å². The lowest BCUT2D eigenvalue weighted by atomic mass is 10.0. The molecular weight excluding hydrogens is 398 g/mol. The number of nitrogens with zero attached hydrogens (tertiary/aromatic N) is 1. The smallest absolute Gasteiger partial charge is 0.264 e. The second kappa shape index (κ2) is 8.51. The zero-order valence-electron chi connectivity index (χ0n) is 15.4. The minimum absolute atomic E-state index is 0. The zero-order chi connectivity index (χ0) is 18.9. The molecule has 4 rings (SSSR count). The maximum atomic E-state index is 13.3. The summed E-state index contributed by atoms with van der Waals surface area (Å²) in [6.45, 7) is 2.07. The van der Waals surface area contributed by atoms with Crippen molar-refractivity contribution in [2.75, 3.05) is 23.9 Å². The van der Waals surface area contributed by atoms with E-state index < -0.39 is 10.0 Å². The molecule has 0 aromatic heterocycles. The van der Waals surface area contributed by atoms with Crippen molar-refractivity contribution in [1.82, 2.24) is 10.6 Å². The number of carbonyl (C=O) groups is 1. The van der Waals surface area contributed by atoms with Crippen LogP contribution < -0.4 is 14.9 Å². The molecule has 0 spiro atoms. The van der Waals surface area contributed by atoms with E-state index in [4.69, 9.17) is 0 Å². The van der Waals surface area contributed by atoms with Gasteiger partial charge in [0.25, 0.3) is 15.9 Å². The van der Waals surface area contributed by atoms with Crippen molar-refractivity contribution in [1.29, 1.82) is 0 Å². The Hall–Kier alpha value is -2.09. The lowest BCUT2D eigenvalue weighted by Crippen LogP contribution is -2.37. The van der Waals surface area contributed by atoms with Gasteiger partial charge in [-0.3, -0.25) is 9.10 Å². The van der Waals surface area contributed by atoms with Gasteiger partial charge in [0.15, 0.2) is 0 Å². The van der Waals surface area contributed by atoms with Gasteiger partial charge in [0.05, 0.1) is 10.6 Å². The molecule has 2 N–H and O–H groups in total. The van der Waals surface area contributed by atoms with Gasteiger partial charge in [-0.15, -0.1) is 12.4 Å². The average Bonchev–Trinajstić information content (AvgIpc) is 3.20. The van der Waals surface area contributed by atoms with Crippen molar-refractivity contribution in [3.63, 3.8) is 0 Å². The Morgan fingerprint density at radius 1 is 1.14 bits per heavy atom. The van der Waals surface area contributed by atoms with Crippen LogP contribution in [-0.2, 0) is 16.4 Å². The van der Waals surface area contributed by atoms with Crippen LogP contribution in [0.15, 0.2) is 53.4 Å². The van der Waals surface area contributed by atoms with Crippen molar-refractivity contribution in [3.05, 3.63) is 59.7 Å². The van der Waals surface area contributed by atoms with Crippen molar-refractivity contribution in [2.24, 2.45) is 0 Å². The third-order valence-electron chi connectivity index (χ3n) is 5.15. The lowest BCUT2D eigenvalue weighted by Gasteiger charge is -2.30. The topological polar surface area (TPSA) is 78.5 Å². The first-order chi connectivity index (χ1) is 13.1. The highest BCUT2D eigenvalue weighted by Gasteiger charge is 2.29. The molecule has 2 aliphatic heterocycles. The van der Waals surface area contributed by atoms with Crippen LogP contribution in [0.2, 0.25) is 0 Å². The van der Waals surface area contributed by atoms with Gasteiger partial charge >= 0.3 is 0 Å². The van der Waals surface area contributed by atoms with E-state index in [1.807, 2.05) is 24.3 Å². The summed E-state index contributed by atoms with van der Waals surface area (Å²) in [4.78, 5) is 12.7. The summed E-state index contributed by atoms with van der Waals surface area (Å²) in [5.74, 6) is -0.236. The van der Waals surface area contributed by atoms with Crippen LogP contribution in [0.3, 0.4) is 0 Å². The molecule has 2 aliphatic rings. The van der Waals surface area contributed by atoms with Gasteiger partial charge in [0.1, 0.15) is 0 Å². The van der Waals surface area contributed by atoms with E-state index >= 15 is 0 Å². The number of sulfonamides is 1. The largest absolute Gasteiger partial charge is 0.348 e. The van der Waals surface area contributed by atoms with E-state index in [0.717, 1.165) is 43.6 Å². The third kappa shape index (κ3) is 4.01. The Balaban J connectivity index is 0.00000225. The van der Waals surface area contributed by atoms with Gasteiger partial charge in [-0.25, -0.2) is 8.42 Å². The highest BCUT2D eigenvalue weighted by Crippen LogP contribution is 2.31. The molecule has 0 saturated carbocycles. The molecule has 1 unspecified atom stereocenters. The van der Waals surface area contributed by atoms with E-state index in [9.17, 15) is 13.2 Å². The van der Waals surface area contributed by atoms with Gasteiger partial charge in [0, 0.05) is 24.7 Å². The maximum Gasteiger partial charge on any atom is 0.264 e. The number of amides is 1. The first-order valence-corrected chi connectivity index (χ1v) is 10.7. The minimum Gasteiger partial charge on any atom is -0.348 e. The summed E-state index contributed by atoms with van der Waals surface area (Å²) in [6.07, 6.45) is 2.54. The SMILES string of the molecule is Cl.O=C(NC1CCNC1)c1cccc(S(=O)(=O)N2CCCc3ccccc32)c1. The number of nitrogens with one attached hydrogen (secondary N) is 2. The van der Waals surface area contributed by atoms with E-state index in [2.05, 4.69) is 10.6 Å². The molecule has 2 heterocycles. The predicted molar refractivity (Wildman–Crippen MR) is 112 cm³/mol. The van der Waals surface area contributed by atoms with E-state index in [1.54, 1.807) is 18.2 Å². The fraction of sp³-hybridized carbons (Fsp3) is 0.350. The summed E-state index contributed by atoms with van der Waals surface area (Å²) in [5.41, 5.74) is 2.14. The molecule has 150 valence electrons. The Morgan fingerprint density at radius 3 is 2.75 bits per heavy atom. The van der Waals surface area contributed by atoms with Crippen LogP contribution in [0.1, 0.15) is 28.8 Å². The molecule has 2 aromatic carbocycles. The predicted octanol–water partition coefficient (Wildman–Crippen LogP) is 2.34. The van der Waals surface area contributed by atoms with Gasteiger partial charge in [0.2, 0.25) is 0 Å². The highest BCUT2D eigenvalue weighted by atomic mass is 35.5. The second-order valence-corrected chi connectivity index (χ2v) is 8.86. The summed E-state index contributed by atoms with van der Waals surface area (Å²) in [7, 11) is -3.72. The number of hydrogen-bond donors (Lipinski definition) is 2. The molecule has 0 radical (unpaired) electrons.